The zero-order chi connectivity index (χ0) is 16.3. The summed E-state index contributed by atoms with van der Waals surface area (Å²) in [6, 6.07) is -0.656. The molecule has 1 unspecified atom stereocenters. The van der Waals surface area contributed by atoms with E-state index in [-0.39, 0.29) is 0 Å². The van der Waals surface area contributed by atoms with Crippen LogP contribution in [0.1, 0.15) is 58.3 Å². The van der Waals surface area contributed by atoms with E-state index in [1.165, 1.54) is 25.7 Å². The molecule has 21 heavy (non-hydrogen) atoms. The van der Waals surface area contributed by atoms with Crippen LogP contribution in [0, 0.1) is 0 Å². The van der Waals surface area contributed by atoms with Crippen molar-refractivity contribution in [2.45, 2.75) is 88.7 Å². The molecule has 0 bridgehead atoms. The molecule has 6 heteroatoms. The molecule has 0 saturated heterocycles. The van der Waals surface area contributed by atoms with Crippen LogP contribution in [-0.2, 0) is 0 Å². The van der Waals surface area contributed by atoms with Crippen molar-refractivity contribution in [1.29, 1.82) is 0 Å². The summed E-state index contributed by atoms with van der Waals surface area (Å²) in [5.41, 5.74) is 5.79. The van der Waals surface area contributed by atoms with Crippen LogP contribution in [0.5, 0.6) is 0 Å². The number of unbranched alkanes of at least 4 members (excludes halogenated alkanes) is 6. The average molecular weight is 307 g/mol. The van der Waals surface area contributed by atoms with Crippen LogP contribution in [-0.4, -0.2) is 62.6 Å². The maximum atomic E-state index is 9.85. The highest BCUT2D eigenvalue weighted by molar-refractivity contribution is 4.86. The molecule has 0 amide bonds. The topological polar surface area (TPSA) is 127 Å². The molecule has 0 rings (SSSR count). The van der Waals surface area contributed by atoms with Crippen LogP contribution in [0.25, 0.3) is 0 Å². The normalized spacial score (nSPS) is 19.0. The fourth-order valence-electron chi connectivity index (χ4n) is 2.30. The second-order valence-corrected chi connectivity index (χ2v) is 5.80. The third kappa shape index (κ3) is 8.70. The fraction of sp³-hybridized carbons (Fsp3) is 1.00. The Balaban J connectivity index is 3.85. The summed E-state index contributed by atoms with van der Waals surface area (Å²) >= 11 is 0. The SMILES string of the molecule is CCCCCCCCCC(N)[C@H](O)[C@@H](O)[C@H](O)[C@H](O)CO. The zero-order valence-electron chi connectivity index (χ0n) is 13.1. The summed E-state index contributed by atoms with van der Waals surface area (Å²) < 4.78 is 0. The third-order valence-corrected chi connectivity index (χ3v) is 3.86. The van der Waals surface area contributed by atoms with Gasteiger partial charge in [0.15, 0.2) is 0 Å². The molecule has 0 aliphatic rings. The minimum atomic E-state index is -1.61. The van der Waals surface area contributed by atoms with Crippen LogP contribution in [0.3, 0.4) is 0 Å². The predicted molar refractivity (Wildman–Crippen MR) is 81.7 cm³/mol. The molecule has 128 valence electrons. The van der Waals surface area contributed by atoms with E-state index in [0.29, 0.717) is 6.42 Å². The van der Waals surface area contributed by atoms with Crippen molar-refractivity contribution in [1.82, 2.24) is 0 Å². The van der Waals surface area contributed by atoms with Gasteiger partial charge in [-0.15, -0.1) is 0 Å². The van der Waals surface area contributed by atoms with Gasteiger partial charge in [0.1, 0.15) is 18.3 Å². The zero-order valence-corrected chi connectivity index (χ0v) is 13.1. The molecule has 7 N–H and O–H groups in total. The first kappa shape index (κ1) is 20.8. The van der Waals surface area contributed by atoms with Gasteiger partial charge in [-0.25, -0.2) is 0 Å². The first-order chi connectivity index (χ1) is 9.95. The molecule has 0 fully saturated rings. The lowest BCUT2D eigenvalue weighted by Crippen LogP contribution is -2.52. The number of aliphatic hydroxyl groups excluding tert-OH is 5. The van der Waals surface area contributed by atoms with E-state index < -0.39 is 37.1 Å². The quantitative estimate of drug-likeness (QED) is 0.264. The van der Waals surface area contributed by atoms with Crippen molar-refractivity contribution in [3.05, 3.63) is 0 Å². The molecule has 0 heterocycles. The van der Waals surface area contributed by atoms with Crippen LogP contribution < -0.4 is 5.73 Å². The van der Waals surface area contributed by atoms with Crippen molar-refractivity contribution in [3.8, 4) is 0 Å². The summed E-state index contributed by atoms with van der Waals surface area (Å²) in [7, 11) is 0. The van der Waals surface area contributed by atoms with Gasteiger partial charge in [0.2, 0.25) is 0 Å². The largest absolute Gasteiger partial charge is 0.394 e. The molecule has 0 spiro atoms. The van der Waals surface area contributed by atoms with Gasteiger partial charge in [0.05, 0.1) is 12.7 Å². The molecule has 6 nitrogen and oxygen atoms in total. The van der Waals surface area contributed by atoms with Crippen molar-refractivity contribution in [3.63, 3.8) is 0 Å². The lowest BCUT2D eigenvalue weighted by molar-refractivity contribution is -0.120. The standard InChI is InChI=1S/C15H33NO5/c1-2-3-4-5-6-7-8-9-11(16)13(19)15(21)14(20)12(18)10-17/h11-15,17-21H,2-10,16H2,1H3/t11?,12-,13+,14-,15-/m1/s1. The molecule has 0 aromatic rings. The fourth-order valence-corrected chi connectivity index (χ4v) is 2.30. The summed E-state index contributed by atoms with van der Waals surface area (Å²) in [4.78, 5) is 0. The summed E-state index contributed by atoms with van der Waals surface area (Å²) in [6.45, 7) is 1.49. The number of nitrogens with two attached hydrogens (primary N) is 1. The van der Waals surface area contributed by atoms with Crippen molar-refractivity contribution in [2.75, 3.05) is 6.61 Å². The van der Waals surface area contributed by atoms with Crippen LogP contribution in [0.15, 0.2) is 0 Å². The molecule has 0 aliphatic heterocycles. The number of rotatable bonds is 13. The lowest BCUT2D eigenvalue weighted by atomic mass is 9.94. The third-order valence-electron chi connectivity index (χ3n) is 3.86. The van der Waals surface area contributed by atoms with E-state index in [4.69, 9.17) is 10.8 Å². The van der Waals surface area contributed by atoms with Gasteiger partial charge in [-0.05, 0) is 6.42 Å². The van der Waals surface area contributed by atoms with Crippen molar-refractivity contribution < 1.29 is 25.5 Å². The second kappa shape index (κ2) is 12.3. The van der Waals surface area contributed by atoms with Crippen molar-refractivity contribution >= 4 is 0 Å². The molecule has 0 aromatic carbocycles. The predicted octanol–water partition coefficient (Wildman–Crippen LogP) is -0.110. The van der Waals surface area contributed by atoms with Crippen LogP contribution >= 0.6 is 0 Å². The lowest BCUT2D eigenvalue weighted by Gasteiger charge is -2.29. The summed E-state index contributed by atoms with van der Waals surface area (Å²) in [5, 5.41) is 47.0. The molecular formula is C15H33NO5. The maximum absolute atomic E-state index is 9.85. The Bertz CT molecular complexity index is 242. The molecular weight excluding hydrogens is 274 g/mol. The van der Waals surface area contributed by atoms with Gasteiger partial charge in [-0.1, -0.05) is 51.9 Å². The highest BCUT2D eigenvalue weighted by atomic mass is 16.4. The van der Waals surface area contributed by atoms with Gasteiger partial charge in [-0.3, -0.25) is 0 Å². The van der Waals surface area contributed by atoms with E-state index in [1.54, 1.807) is 0 Å². The minimum Gasteiger partial charge on any atom is -0.394 e. The second-order valence-electron chi connectivity index (χ2n) is 5.80. The van der Waals surface area contributed by atoms with Crippen LogP contribution in [0.4, 0.5) is 0 Å². The Kier molecular flexibility index (Phi) is 12.2. The highest BCUT2D eigenvalue weighted by Crippen LogP contribution is 2.13. The van der Waals surface area contributed by atoms with E-state index in [2.05, 4.69) is 6.92 Å². The summed E-state index contributed by atoms with van der Waals surface area (Å²) in [5.74, 6) is 0. The Morgan fingerprint density at radius 2 is 1.29 bits per heavy atom. The first-order valence-corrected chi connectivity index (χ1v) is 8.04. The summed E-state index contributed by atoms with van der Waals surface area (Å²) in [6.07, 6.45) is 2.53. The van der Waals surface area contributed by atoms with Crippen LogP contribution in [0.2, 0.25) is 0 Å². The number of aliphatic hydroxyl groups is 5. The maximum Gasteiger partial charge on any atom is 0.111 e. The Morgan fingerprint density at radius 1 is 0.762 bits per heavy atom. The highest BCUT2D eigenvalue weighted by Gasteiger charge is 2.32. The average Bonchev–Trinajstić information content (AvgIpc) is 2.50. The van der Waals surface area contributed by atoms with E-state index in [0.717, 1.165) is 19.3 Å². The van der Waals surface area contributed by atoms with Gasteiger partial charge in [0, 0.05) is 6.04 Å². The molecule has 0 radical (unpaired) electrons. The van der Waals surface area contributed by atoms with Gasteiger partial charge < -0.3 is 31.3 Å². The Morgan fingerprint density at radius 3 is 1.81 bits per heavy atom. The number of hydrogen-bond acceptors (Lipinski definition) is 6. The molecule has 0 saturated carbocycles. The number of hydrogen-bond donors (Lipinski definition) is 6. The van der Waals surface area contributed by atoms with Gasteiger partial charge in [0.25, 0.3) is 0 Å². The monoisotopic (exact) mass is 307 g/mol. The molecule has 5 atom stereocenters. The Labute approximate surface area is 127 Å². The van der Waals surface area contributed by atoms with E-state index in [1.807, 2.05) is 0 Å². The van der Waals surface area contributed by atoms with E-state index >= 15 is 0 Å². The molecule has 0 aromatic heterocycles. The molecule has 0 aliphatic carbocycles. The van der Waals surface area contributed by atoms with E-state index in [9.17, 15) is 20.4 Å². The first-order valence-electron chi connectivity index (χ1n) is 8.04. The Hall–Kier alpha value is -0.240. The smallest absolute Gasteiger partial charge is 0.111 e. The van der Waals surface area contributed by atoms with Gasteiger partial charge >= 0.3 is 0 Å². The van der Waals surface area contributed by atoms with Gasteiger partial charge in [-0.2, -0.15) is 0 Å². The van der Waals surface area contributed by atoms with Crippen molar-refractivity contribution in [2.24, 2.45) is 5.73 Å². The minimum absolute atomic E-state index is 0.550.